The highest BCUT2D eigenvalue weighted by molar-refractivity contribution is 6.32. The summed E-state index contributed by atoms with van der Waals surface area (Å²) in [5.41, 5.74) is 5.82. The third-order valence-electron chi connectivity index (χ3n) is 7.24. The number of amides is 2. The number of halogens is 1. The van der Waals surface area contributed by atoms with Crippen molar-refractivity contribution in [1.29, 1.82) is 0 Å². The van der Waals surface area contributed by atoms with Gasteiger partial charge in [-0.25, -0.2) is 4.79 Å². The second-order valence-electron chi connectivity index (χ2n) is 13.3. The average Bonchev–Trinajstić information content (AvgIpc) is 2.91. The van der Waals surface area contributed by atoms with Crippen molar-refractivity contribution >= 4 is 35.3 Å². The minimum Gasteiger partial charge on any atom is -0.487 e. The van der Waals surface area contributed by atoms with Crippen LogP contribution in [0.4, 0.5) is 10.5 Å². The molecule has 2 aromatic carbocycles. The summed E-state index contributed by atoms with van der Waals surface area (Å²) in [7, 11) is 1.69. The van der Waals surface area contributed by atoms with Crippen LogP contribution in [0.25, 0.3) is 0 Å². The van der Waals surface area contributed by atoms with Crippen molar-refractivity contribution in [2.45, 2.75) is 85.0 Å². The van der Waals surface area contributed by atoms with E-state index in [2.05, 4.69) is 0 Å². The summed E-state index contributed by atoms with van der Waals surface area (Å²) in [5.74, 6) is 0.198. The molecule has 43 heavy (non-hydrogen) atoms. The number of nitrogens with zero attached hydrogens (tertiary/aromatic N) is 2. The fraction of sp³-hybridized carbons (Fsp3) is 0.545. The first kappa shape index (κ1) is 34.0. The Morgan fingerprint density at radius 2 is 1.56 bits per heavy atom. The first-order chi connectivity index (χ1) is 20.0. The topological polar surface area (TPSA) is 111 Å². The number of likely N-dealkylation sites (tertiary alicyclic amines) is 1. The van der Waals surface area contributed by atoms with E-state index in [-0.39, 0.29) is 11.9 Å². The van der Waals surface area contributed by atoms with Crippen molar-refractivity contribution < 1.29 is 28.6 Å². The van der Waals surface area contributed by atoms with Crippen molar-refractivity contribution in [3.05, 3.63) is 58.6 Å². The maximum Gasteiger partial charge on any atom is 0.410 e. The third kappa shape index (κ3) is 10.1. The summed E-state index contributed by atoms with van der Waals surface area (Å²) in [4.78, 5) is 42.5. The molecular formula is C33H46ClN3O6. The Morgan fingerprint density at radius 1 is 0.953 bits per heavy atom. The first-order valence-corrected chi connectivity index (χ1v) is 15.1. The summed E-state index contributed by atoms with van der Waals surface area (Å²) in [6.07, 6.45) is 1.72. The molecular weight excluding hydrogens is 570 g/mol. The number of nitrogen functional groups attached to an aromatic ring is 1. The number of hydrogen-bond acceptors (Lipinski definition) is 7. The van der Waals surface area contributed by atoms with E-state index in [9.17, 15) is 14.4 Å². The molecule has 0 aliphatic carbocycles. The molecule has 2 amide bonds. The van der Waals surface area contributed by atoms with Crippen LogP contribution in [0.3, 0.4) is 0 Å². The van der Waals surface area contributed by atoms with Gasteiger partial charge >= 0.3 is 12.1 Å². The molecule has 0 saturated carbocycles. The van der Waals surface area contributed by atoms with E-state index in [0.717, 1.165) is 5.56 Å². The van der Waals surface area contributed by atoms with Gasteiger partial charge in [-0.15, -0.1) is 0 Å². The van der Waals surface area contributed by atoms with Gasteiger partial charge in [-0.2, -0.15) is 0 Å². The Kier molecular flexibility index (Phi) is 11.0. The zero-order valence-electron chi connectivity index (χ0n) is 26.5. The predicted molar refractivity (Wildman–Crippen MR) is 168 cm³/mol. The van der Waals surface area contributed by atoms with Crippen LogP contribution in [0.5, 0.6) is 5.75 Å². The number of esters is 1. The minimum atomic E-state index is -0.733. The van der Waals surface area contributed by atoms with Gasteiger partial charge in [0.1, 0.15) is 23.6 Å². The molecule has 1 fully saturated rings. The van der Waals surface area contributed by atoms with E-state index in [1.54, 1.807) is 42.3 Å². The molecule has 3 rings (SSSR count). The van der Waals surface area contributed by atoms with Crippen molar-refractivity contribution in [3.8, 4) is 5.75 Å². The molecule has 0 atom stereocenters. The number of ether oxygens (including phenoxy) is 3. The number of rotatable bonds is 9. The van der Waals surface area contributed by atoms with Crippen LogP contribution in [-0.2, 0) is 20.9 Å². The van der Waals surface area contributed by atoms with E-state index in [0.29, 0.717) is 73.9 Å². The molecule has 0 radical (unpaired) electrons. The van der Waals surface area contributed by atoms with E-state index in [1.165, 1.54) is 4.90 Å². The Labute approximate surface area is 260 Å². The lowest BCUT2D eigenvalue weighted by Gasteiger charge is -2.41. The maximum atomic E-state index is 13.5. The van der Waals surface area contributed by atoms with Crippen LogP contribution < -0.4 is 10.5 Å². The highest BCUT2D eigenvalue weighted by Gasteiger charge is 2.44. The van der Waals surface area contributed by atoms with E-state index in [4.69, 9.17) is 31.5 Å². The Bertz CT molecular complexity index is 1280. The normalized spacial score (nSPS) is 15.0. The van der Waals surface area contributed by atoms with Crippen LogP contribution >= 0.6 is 11.6 Å². The zero-order chi connectivity index (χ0) is 32.0. The molecule has 10 heteroatoms. The van der Waals surface area contributed by atoms with E-state index >= 15 is 0 Å². The van der Waals surface area contributed by atoms with Gasteiger partial charge in [0, 0.05) is 37.9 Å². The molecule has 1 aliphatic heterocycles. The van der Waals surface area contributed by atoms with Crippen LogP contribution in [0.2, 0.25) is 5.02 Å². The zero-order valence-corrected chi connectivity index (χ0v) is 27.3. The Hall–Kier alpha value is -3.46. The number of anilines is 1. The highest BCUT2D eigenvalue weighted by Crippen LogP contribution is 2.39. The maximum absolute atomic E-state index is 13.5. The fourth-order valence-electron chi connectivity index (χ4n) is 4.89. The monoisotopic (exact) mass is 615 g/mol. The first-order valence-electron chi connectivity index (χ1n) is 14.7. The number of piperidine rings is 1. The van der Waals surface area contributed by atoms with Crippen LogP contribution in [0, 0.1) is 5.41 Å². The molecule has 1 heterocycles. The van der Waals surface area contributed by atoms with Crippen molar-refractivity contribution in [2.75, 3.05) is 32.4 Å². The average molecular weight is 616 g/mol. The smallest absolute Gasteiger partial charge is 0.410 e. The molecule has 9 nitrogen and oxygen atoms in total. The van der Waals surface area contributed by atoms with Crippen LogP contribution in [-0.4, -0.2) is 65.7 Å². The van der Waals surface area contributed by atoms with Crippen LogP contribution in [0.1, 0.15) is 83.1 Å². The van der Waals surface area contributed by atoms with Gasteiger partial charge < -0.3 is 29.7 Å². The van der Waals surface area contributed by atoms with Gasteiger partial charge in [-0.3, -0.25) is 9.59 Å². The Balaban J connectivity index is 1.60. The summed E-state index contributed by atoms with van der Waals surface area (Å²) >= 11 is 6.19. The predicted octanol–water partition coefficient (Wildman–Crippen LogP) is 6.71. The fourth-order valence-corrected chi connectivity index (χ4v) is 5.13. The Morgan fingerprint density at radius 3 is 2.12 bits per heavy atom. The summed E-state index contributed by atoms with van der Waals surface area (Å²) in [6.45, 7) is 12.6. The van der Waals surface area contributed by atoms with E-state index in [1.807, 2.05) is 53.7 Å². The molecule has 1 aliphatic rings. The molecule has 236 valence electrons. The van der Waals surface area contributed by atoms with E-state index < -0.39 is 22.7 Å². The number of carbonyl (C=O) groups is 3. The molecule has 0 bridgehead atoms. The third-order valence-corrected chi connectivity index (χ3v) is 7.54. The second-order valence-corrected chi connectivity index (χ2v) is 13.7. The van der Waals surface area contributed by atoms with Gasteiger partial charge in [-0.05, 0) is 103 Å². The van der Waals surface area contributed by atoms with Gasteiger partial charge in [0.25, 0.3) is 5.91 Å². The second kappa shape index (κ2) is 13.9. The van der Waals surface area contributed by atoms with Crippen LogP contribution in [0.15, 0.2) is 42.5 Å². The SMILES string of the molecule is CN(CCCC1(C(=O)OC(C)(C)C)CCN(C(=O)c2ccc(COc3ccc(N)cc3Cl)cc2)CC1)C(=O)OC(C)(C)C. The molecule has 0 spiro atoms. The summed E-state index contributed by atoms with van der Waals surface area (Å²) in [5, 5.41) is 0.439. The lowest BCUT2D eigenvalue weighted by Crippen LogP contribution is -2.48. The number of nitrogens with two attached hydrogens (primary N) is 1. The van der Waals surface area contributed by atoms with Crippen molar-refractivity contribution in [2.24, 2.45) is 5.41 Å². The largest absolute Gasteiger partial charge is 0.487 e. The standard InChI is InChI=1S/C33H46ClN3O6/c1-31(2,3)42-29(39)33(15-8-18-36(7)30(40)43-32(4,5)6)16-19-37(20-17-33)28(38)24-11-9-23(10-12-24)22-41-27-14-13-25(35)21-26(27)34/h9-14,21H,8,15-20,22,35H2,1-7H3. The highest BCUT2D eigenvalue weighted by atomic mass is 35.5. The summed E-state index contributed by atoms with van der Waals surface area (Å²) in [6, 6.07) is 12.4. The van der Waals surface area contributed by atoms with Gasteiger partial charge in [0.2, 0.25) is 0 Å². The lowest BCUT2D eigenvalue weighted by atomic mass is 9.74. The minimum absolute atomic E-state index is 0.0866. The van der Waals surface area contributed by atoms with Crippen molar-refractivity contribution in [1.82, 2.24) is 9.80 Å². The summed E-state index contributed by atoms with van der Waals surface area (Å²) < 4.78 is 17.1. The molecule has 0 unspecified atom stereocenters. The quantitative estimate of drug-likeness (QED) is 0.246. The lowest BCUT2D eigenvalue weighted by molar-refractivity contribution is -0.171. The van der Waals surface area contributed by atoms with Gasteiger partial charge in [-0.1, -0.05) is 23.7 Å². The van der Waals surface area contributed by atoms with Gasteiger partial charge in [0.05, 0.1) is 10.4 Å². The number of benzene rings is 2. The van der Waals surface area contributed by atoms with Gasteiger partial charge in [0.15, 0.2) is 0 Å². The molecule has 1 saturated heterocycles. The van der Waals surface area contributed by atoms with Crippen molar-refractivity contribution in [3.63, 3.8) is 0 Å². The molecule has 2 aromatic rings. The number of hydrogen-bond donors (Lipinski definition) is 1. The molecule has 0 aromatic heterocycles. The number of carbonyl (C=O) groups excluding carboxylic acids is 3. The molecule has 2 N–H and O–H groups in total.